The van der Waals surface area contributed by atoms with Crippen molar-refractivity contribution in [2.24, 2.45) is 16.5 Å². The molecular weight excluding hydrogens is 146 g/mol. The number of rotatable bonds is 1. The first-order valence-corrected chi connectivity index (χ1v) is 3.53. The lowest BCUT2D eigenvalue weighted by atomic mass is 10.3. The minimum absolute atomic E-state index is 0.0394. The van der Waals surface area contributed by atoms with Crippen LogP contribution in [0.4, 0.5) is 0 Å². The van der Waals surface area contributed by atoms with Crippen molar-refractivity contribution in [1.82, 2.24) is 0 Å². The molecule has 1 heterocycles. The lowest BCUT2D eigenvalue weighted by Gasteiger charge is -2.06. The van der Waals surface area contributed by atoms with Crippen LogP contribution in [0, 0.1) is 0 Å². The quantitative estimate of drug-likeness (QED) is 0.367. The van der Waals surface area contributed by atoms with E-state index in [9.17, 15) is 0 Å². The predicted molar refractivity (Wildman–Crippen MR) is 41.2 cm³/mol. The molecule has 0 aromatic carbocycles. The largest absolute Gasteiger partial charge is 0.377 e. The fraction of sp³-hybridized carbons (Fsp3) is 0.833. The minimum atomic E-state index is -0.0394. The van der Waals surface area contributed by atoms with Gasteiger partial charge in [-0.2, -0.15) is 0 Å². The Morgan fingerprint density at radius 3 is 2.18 bits per heavy atom. The van der Waals surface area contributed by atoms with E-state index in [2.05, 4.69) is 4.99 Å². The molecule has 11 heavy (non-hydrogen) atoms. The third-order valence-corrected chi connectivity index (χ3v) is 1.32. The number of aliphatic imine (C=N–C) groups is 1. The number of nitrogens with two attached hydrogens (primary N) is 2. The predicted octanol–water partition coefficient (Wildman–Crippen LogP) is -1.32. The molecule has 0 spiro atoms. The van der Waals surface area contributed by atoms with Crippen molar-refractivity contribution in [2.45, 2.75) is 6.04 Å². The highest BCUT2D eigenvalue weighted by atomic mass is 16.5. The Morgan fingerprint density at radius 1 is 1.18 bits per heavy atom. The van der Waals surface area contributed by atoms with Gasteiger partial charge in [-0.1, -0.05) is 0 Å². The number of hydrogen-bond donors (Lipinski definition) is 2. The summed E-state index contributed by atoms with van der Waals surface area (Å²) in [7, 11) is 0. The molecule has 1 saturated heterocycles. The van der Waals surface area contributed by atoms with Gasteiger partial charge in [-0.05, 0) is 0 Å². The fourth-order valence-corrected chi connectivity index (χ4v) is 0.890. The summed E-state index contributed by atoms with van der Waals surface area (Å²) in [4.78, 5) is 3.92. The number of ether oxygens (including phenoxy) is 2. The van der Waals surface area contributed by atoms with Gasteiger partial charge in [0.25, 0.3) is 0 Å². The van der Waals surface area contributed by atoms with Gasteiger partial charge in [-0.3, -0.25) is 0 Å². The van der Waals surface area contributed by atoms with Crippen LogP contribution in [-0.4, -0.2) is 38.4 Å². The second-order valence-electron chi connectivity index (χ2n) is 2.36. The summed E-state index contributed by atoms with van der Waals surface area (Å²) < 4.78 is 10.3. The van der Waals surface area contributed by atoms with Crippen molar-refractivity contribution in [3.63, 3.8) is 0 Å². The van der Waals surface area contributed by atoms with Crippen molar-refractivity contribution in [3.05, 3.63) is 0 Å². The van der Waals surface area contributed by atoms with Crippen LogP contribution in [0.25, 0.3) is 0 Å². The molecule has 0 radical (unpaired) electrons. The lowest BCUT2D eigenvalue weighted by Crippen LogP contribution is -2.28. The molecule has 0 atom stereocenters. The fourth-order valence-electron chi connectivity index (χ4n) is 0.890. The van der Waals surface area contributed by atoms with Crippen molar-refractivity contribution in [2.75, 3.05) is 26.4 Å². The van der Waals surface area contributed by atoms with Crippen molar-refractivity contribution in [3.8, 4) is 0 Å². The lowest BCUT2D eigenvalue weighted by molar-refractivity contribution is 0.103. The molecule has 0 aromatic heterocycles. The average Bonchev–Trinajstić information content (AvgIpc) is 2.14. The molecule has 5 heteroatoms. The van der Waals surface area contributed by atoms with E-state index < -0.39 is 0 Å². The van der Waals surface area contributed by atoms with Crippen LogP contribution in [0.15, 0.2) is 4.99 Å². The van der Waals surface area contributed by atoms with Gasteiger partial charge in [-0.15, -0.1) is 0 Å². The first-order chi connectivity index (χ1) is 5.29. The van der Waals surface area contributed by atoms with Gasteiger partial charge in [-0.25, -0.2) is 4.99 Å². The molecule has 0 aromatic rings. The summed E-state index contributed by atoms with van der Waals surface area (Å²) in [5.41, 5.74) is 10.4. The van der Waals surface area contributed by atoms with Crippen LogP contribution in [0.1, 0.15) is 0 Å². The molecule has 64 valence electrons. The maximum absolute atomic E-state index is 5.19. The highest BCUT2D eigenvalue weighted by Gasteiger charge is 2.10. The number of nitrogens with zero attached hydrogens (tertiary/aromatic N) is 1. The Hall–Kier alpha value is -0.810. The summed E-state index contributed by atoms with van der Waals surface area (Å²) in [6.07, 6.45) is 0. The Labute approximate surface area is 65.4 Å². The first-order valence-electron chi connectivity index (χ1n) is 3.53. The topological polar surface area (TPSA) is 82.9 Å². The summed E-state index contributed by atoms with van der Waals surface area (Å²) in [6.45, 7) is 2.32. The summed E-state index contributed by atoms with van der Waals surface area (Å²) in [5.74, 6) is 0.0871. The van der Waals surface area contributed by atoms with E-state index in [0.717, 1.165) is 0 Å². The zero-order valence-corrected chi connectivity index (χ0v) is 6.32. The molecule has 0 bridgehead atoms. The third kappa shape index (κ3) is 3.20. The van der Waals surface area contributed by atoms with E-state index in [1.807, 2.05) is 0 Å². The van der Waals surface area contributed by atoms with Gasteiger partial charge in [0.2, 0.25) is 0 Å². The SMILES string of the molecule is NC(N)=NC1COCCOC1. The normalized spacial score (nSPS) is 20.7. The number of hydrogen-bond acceptors (Lipinski definition) is 3. The number of guanidine groups is 1. The van der Waals surface area contributed by atoms with Crippen molar-refractivity contribution < 1.29 is 9.47 Å². The Balaban J connectivity index is 2.37. The van der Waals surface area contributed by atoms with E-state index in [-0.39, 0.29) is 12.0 Å². The molecule has 4 N–H and O–H groups in total. The van der Waals surface area contributed by atoms with Crippen LogP contribution in [0.2, 0.25) is 0 Å². The third-order valence-electron chi connectivity index (χ3n) is 1.32. The van der Waals surface area contributed by atoms with E-state index in [0.29, 0.717) is 26.4 Å². The van der Waals surface area contributed by atoms with Gasteiger partial charge in [0.05, 0.1) is 26.4 Å². The highest BCUT2D eigenvalue weighted by molar-refractivity contribution is 5.75. The van der Waals surface area contributed by atoms with E-state index in [4.69, 9.17) is 20.9 Å². The van der Waals surface area contributed by atoms with Crippen molar-refractivity contribution >= 4 is 5.96 Å². The van der Waals surface area contributed by atoms with Crippen LogP contribution < -0.4 is 11.5 Å². The summed E-state index contributed by atoms with van der Waals surface area (Å²) >= 11 is 0. The zero-order valence-electron chi connectivity index (χ0n) is 6.32. The average molecular weight is 159 g/mol. The van der Waals surface area contributed by atoms with Crippen molar-refractivity contribution in [1.29, 1.82) is 0 Å². The monoisotopic (exact) mass is 159 g/mol. The smallest absolute Gasteiger partial charge is 0.186 e. The van der Waals surface area contributed by atoms with Gasteiger partial charge in [0.1, 0.15) is 6.04 Å². The second kappa shape index (κ2) is 4.15. The highest BCUT2D eigenvalue weighted by Crippen LogP contribution is 1.98. The molecule has 1 rings (SSSR count). The van der Waals surface area contributed by atoms with Gasteiger partial charge in [0.15, 0.2) is 5.96 Å². The van der Waals surface area contributed by atoms with E-state index in [1.54, 1.807) is 0 Å². The molecule has 0 saturated carbocycles. The first kappa shape index (κ1) is 8.29. The minimum Gasteiger partial charge on any atom is -0.377 e. The second-order valence-corrected chi connectivity index (χ2v) is 2.36. The molecule has 0 aliphatic carbocycles. The van der Waals surface area contributed by atoms with Gasteiger partial charge >= 0.3 is 0 Å². The van der Waals surface area contributed by atoms with Crippen LogP contribution in [-0.2, 0) is 9.47 Å². The molecule has 0 amide bonds. The molecule has 0 unspecified atom stereocenters. The van der Waals surface area contributed by atoms with Gasteiger partial charge < -0.3 is 20.9 Å². The van der Waals surface area contributed by atoms with Crippen LogP contribution in [0.3, 0.4) is 0 Å². The van der Waals surface area contributed by atoms with E-state index in [1.165, 1.54) is 0 Å². The Bertz CT molecular complexity index is 137. The van der Waals surface area contributed by atoms with Crippen LogP contribution >= 0.6 is 0 Å². The summed E-state index contributed by atoms with van der Waals surface area (Å²) in [5, 5.41) is 0. The molecular formula is C6H13N3O2. The maximum atomic E-state index is 5.19. The molecule has 1 aliphatic rings. The van der Waals surface area contributed by atoms with Gasteiger partial charge in [0, 0.05) is 0 Å². The Morgan fingerprint density at radius 2 is 1.73 bits per heavy atom. The Kier molecular flexibility index (Phi) is 3.13. The van der Waals surface area contributed by atoms with Crippen LogP contribution in [0.5, 0.6) is 0 Å². The zero-order chi connectivity index (χ0) is 8.10. The van der Waals surface area contributed by atoms with E-state index >= 15 is 0 Å². The molecule has 1 fully saturated rings. The summed E-state index contributed by atoms with van der Waals surface area (Å²) in [6, 6.07) is -0.0394. The maximum Gasteiger partial charge on any atom is 0.186 e. The molecule has 5 nitrogen and oxygen atoms in total. The molecule has 1 aliphatic heterocycles. The standard InChI is InChI=1S/C6H13N3O2/c7-6(8)9-5-3-10-1-2-11-4-5/h5H,1-4H2,(H4,7,8,9).